The Labute approximate surface area is 265 Å². The number of fused-ring (bicyclic) bond motifs is 2. The SMILES string of the molecule is c1ccc(-c2cc3c(-c4ccccc4)cccn3c2SSc2c(-c3ccccc3)cc3c(-c4ccccc4)cccn23)cc1. The number of pyridine rings is 2. The van der Waals surface area contributed by atoms with Gasteiger partial charge in [-0.2, -0.15) is 0 Å². The lowest BCUT2D eigenvalue weighted by molar-refractivity contribution is 1.05. The number of hydrogen-bond acceptors (Lipinski definition) is 2. The summed E-state index contributed by atoms with van der Waals surface area (Å²) in [5.74, 6) is 0. The van der Waals surface area contributed by atoms with Crippen molar-refractivity contribution in [2.75, 3.05) is 0 Å². The predicted molar refractivity (Wildman–Crippen MR) is 188 cm³/mol. The van der Waals surface area contributed by atoms with Crippen LogP contribution >= 0.6 is 21.6 Å². The monoisotopic (exact) mass is 600 g/mol. The fourth-order valence-corrected chi connectivity index (χ4v) is 8.63. The zero-order chi connectivity index (χ0) is 29.3. The van der Waals surface area contributed by atoms with E-state index >= 15 is 0 Å². The fraction of sp³-hybridized carbons (Fsp3) is 0. The van der Waals surface area contributed by atoms with Gasteiger partial charge in [-0.15, -0.1) is 0 Å². The molecule has 0 unspecified atom stereocenters. The molecule has 210 valence electrons. The Hall–Kier alpha value is -4.90. The minimum absolute atomic E-state index is 1.20. The standard InChI is InChI=1S/C40H28N2S2/c1-5-15-29(16-6-1)33-23-13-25-41-37(33)27-35(31-19-9-3-10-20-31)39(41)43-44-40-36(32-21-11-4-12-22-32)28-38-34(24-14-26-42(38)40)30-17-7-2-8-18-30/h1-28H. The first-order valence-corrected chi connectivity index (χ1v) is 16.8. The molecular weight excluding hydrogens is 573 g/mol. The summed E-state index contributed by atoms with van der Waals surface area (Å²) < 4.78 is 4.71. The molecule has 8 aromatic rings. The maximum Gasteiger partial charge on any atom is 0.0985 e. The second kappa shape index (κ2) is 11.6. The third-order valence-electron chi connectivity index (χ3n) is 8.07. The highest BCUT2D eigenvalue weighted by Crippen LogP contribution is 2.48. The van der Waals surface area contributed by atoms with Gasteiger partial charge in [0.25, 0.3) is 0 Å². The van der Waals surface area contributed by atoms with Crippen molar-refractivity contribution < 1.29 is 0 Å². The highest BCUT2D eigenvalue weighted by atomic mass is 33.1. The van der Waals surface area contributed by atoms with Crippen LogP contribution in [0, 0.1) is 0 Å². The van der Waals surface area contributed by atoms with Crippen molar-refractivity contribution in [2.45, 2.75) is 10.1 Å². The van der Waals surface area contributed by atoms with Crippen molar-refractivity contribution >= 4 is 32.6 Å². The molecule has 0 amide bonds. The van der Waals surface area contributed by atoms with Crippen LogP contribution in [-0.4, -0.2) is 8.80 Å². The third kappa shape index (κ3) is 4.83. The van der Waals surface area contributed by atoms with Gasteiger partial charge in [-0.05, 0) is 68.1 Å². The predicted octanol–water partition coefficient (Wildman–Crippen LogP) is 11.7. The lowest BCUT2D eigenvalue weighted by Gasteiger charge is -2.11. The largest absolute Gasteiger partial charge is 0.310 e. The van der Waals surface area contributed by atoms with E-state index in [1.165, 1.54) is 65.6 Å². The summed E-state index contributed by atoms with van der Waals surface area (Å²) in [6.45, 7) is 0. The van der Waals surface area contributed by atoms with E-state index in [9.17, 15) is 0 Å². The van der Waals surface area contributed by atoms with Gasteiger partial charge in [0.1, 0.15) is 0 Å². The Balaban J connectivity index is 1.30. The highest BCUT2D eigenvalue weighted by molar-refractivity contribution is 8.76. The molecule has 4 heterocycles. The Bertz CT molecular complexity index is 2040. The van der Waals surface area contributed by atoms with Crippen molar-refractivity contribution in [2.24, 2.45) is 0 Å². The molecule has 0 aliphatic heterocycles. The van der Waals surface area contributed by atoms with Crippen LogP contribution in [0.2, 0.25) is 0 Å². The van der Waals surface area contributed by atoms with Crippen LogP contribution in [-0.2, 0) is 0 Å². The van der Waals surface area contributed by atoms with Crippen LogP contribution in [0.25, 0.3) is 55.5 Å². The Morgan fingerprint density at radius 2 is 0.636 bits per heavy atom. The molecule has 4 aromatic carbocycles. The number of hydrogen-bond donors (Lipinski definition) is 0. The Kier molecular flexibility index (Phi) is 7.07. The molecule has 0 saturated carbocycles. The first kappa shape index (κ1) is 26.7. The van der Waals surface area contributed by atoms with E-state index < -0.39 is 0 Å². The molecule has 2 nitrogen and oxygen atoms in total. The van der Waals surface area contributed by atoms with Crippen LogP contribution in [0.5, 0.6) is 0 Å². The molecule has 4 heteroatoms. The number of benzene rings is 4. The van der Waals surface area contributed by atoms with E-state index in [0.29, 0.717) is 0 Å². The molecular formula is C40H28N2S2. The third-order valence-corrected chi connectivity index (χ3v) is 10.5. The van der Waals surface area contributed by atoms with E-state index in [0.717, 1.165) is 0 Å². The van der Waals surface area contributed by atoms with E-state index in [4.69, 9.17) is 0 Å². The molecule has 0 aliphatic carbocycles. The van der Waals surface area contributed by atoms with Gasteiger partial charge in [0, 0.05) is 34.6 Å². The molecule has 0 fully saturated rings. The van der Waals surface area contributed by atoms with Crippen molar-refractivity contribution in [1.82, 2.24) is 8.80 Å². The first-order valence-electron chi connectivity index (χ1n) is 14.7. The van der Waals surface area contributed by atoms with E-state index in [-0.39, 0.29) is 0 Å². The van der Waals surface area contributed by atoms with Gasteiger partial charge in [0.2, 0.25) is 0 Å². The Morgan fingerprint density at radius 3 is 0.977 bits per heavy atom. The van der Waals surface area contributed by atoms with Gasteiger partial charge in [-0.3, -0.25) is 0 Å². The maximum absolute atomic E-state index is 2.36. The molecule has 44 heavy (non-hydrogen) atoms. The molecule has 0 atom stereocenters. The summed E-state index contributed by atoms with van der Waals surface area (Å²) in [6, 6.07) is 56.3. The van der Waals surface area contributed by atoms with Gasteiger partial charge < -0.3 is 8.80 Å². The minimum Gasteiger partial charge on any atom is -0.310 e. The van der Waals surface area contributed by atoms with Crippen LogP contribution in [0.3, 0.4) is 0 Å². The minimum atomic E-state index is 1.20. The topological polar surface area (TPSA) is 8.82 Å². The van der Waals surface area contributed by atoms with Crippen LogP contribution in [0.15, 0.2) is 180 Å². The van der Waals surface area contributed by atoms with Crippen LogP contribution in [0.4, 0.5) is 0 Å². The van der Waals surface area contributed by atoms with Crippen molar-refractivity contribution in [1.29, 1.82) is 0 Å². The molecule has 0 bridgehead atoms. The van der Waals surface area contributed by atoms with Gasteiger partial charge in [0.05, 0.1) is 21.1 Å². The molecule has 0 spiro atoms. The van der Waals surface area contributed by atoms with E-state index in [1.54, 1.807) is 0 Å². The molecule has 0 radical (unpaired) electrons. The zero-order valence-electron chi connectivity index (χ0n) is 23.9. The molecule has 0 aliphatic rings. The van der Waals surface area contributed by atoms with Gasteiger partial charge in [0.15, 0.2) is 0 Å². The van der Waals surface area contributed by atoms with Gasteiger partial charge in [-0.25, -0.2) is 0 Å². The average molecular weight is 601 g/mol. The summed E-state index contributed by atoms with van der Waals surface area (Å²) in [6.07, 6.45) is 4.39. The quantitative estimate of drug-likeness (QED) is 0.168. The zero-order valence-corrected chi connectivity index (χ0v) is 25.5. The lowest BCUT2D eigenvalue weighted by atomic mass is 10.0. The smallest absolute Gasteiger partial charge is 0.0985 e. The summed E-state index contributed by atoms with van der Waals surface area (Å²) in [5.41, 5.74) is 12.2. The van der Waals surface area contributed by atoms with Crippen molar-refractivity contribution in [3.63, 3.8) is 0 Å². The second-order valence-electron chi connectivity index (χ2n) is 10.7. The van der Waals surface area contributed by atoms with Gasteiger partial charge in [-0.1, -0.05) is 133 Å². The first-order chi connectivity index (χ1) is 21.8. The van der Waals surface area contributed by atoms with E-state index in [2.05, 4.69) is 179 Å². The van der Waals surface area contributed by atoms with E-state index in [1.807, 2.05) is 21.6 Å². The Morgan fingerprint density at radius 1 is 0.318 bits per heavy atom. The summed E-state index contributed by atoms with van der Waals surface area (Å²) in [4.78, 5) is 0. The molecule has 8 rings (SSSR count). The summed E-state index contributed by atoms with van der Waals surface area (Å²) >= 11 is 0. The number of rotatable bonds is 7. The normalized spacial score (nSPS) is 11.4. The highest BCUT2D eigenvalue weighted by Gasteiger charge is 2.20. The van der Waals surface area contributed by atoms with Crippen LogP contribution < -0.4 is 0 Å². The fourth-order valence-electron chi connectivity index (χ4n) is 5.97. The number of nitrogens with zero attached hydrogens (tertiary/aromatic N) is 2. The average Bonchev–Trinajstić information content (AvgIpc) is 3.67. The van der Waals surface area contributed by atoms with Crippen molar-refractivity contribution in [3.8, 4) is 44.5 Å². The molecule has 0 saturated heterocycles. The summed E-state index contributed by atoms with van der Waals surface area (Å²) in [7, 11) is 3.65. The van der Waals surface area contributed by atoms with Crippen LogP contribution in [0.1, 0.15) is 0 Å². The van der Waals surface area contributed by atoms with Crippen molar-refractivity contribution in [3.05, 3.63) is 170 Å². The second-order valence-corrected chi connectivity index (χ2v) is 12.8. The number of aromatic nitrogens is 2. The lowest BCUT2D eigenvalue weighted by Crippen LogP contribution is -1.90. The maximum atomic E-state index is 2.36. The molecule has 4 aromatic heterocycles. The van der Waals surface area contributed by atoms with Gasteiger partial charge >= 0.3 is 0 Å². The summed E-state index contributed by atoms with van der Waals surface area (Å²) in [5, 5.41) is 2.42. The molecule has 0 N–H and O–H groups in total.